The van der Waals surface area contributed by atoms with E-state index in [1.807, 2.05) is 47.0 Å². The molecule has 0 saturated heterocycles. The number of aromatic hydroxyl groups is 1. The third-order valence-corrected chi connectivity index (χ3v) is 5.23. The molecule has 176 valence electrons. The third-order valence-electron chi connectivity index (χ3n) is 5.23. The van der Waals surface area contributed by atoms with Gasteiger partial charge in [0.05, 0.1) is 31.2 Å². The van der Waals surface area contributed by atoms with Crippen molar-refractivity contribution >= 4 is 17.1 Å². The van der Waals surface area contributed by atoms with Crippen LogP contribution in [0, 0.1) is 0 Å². The van der Waals surface area contributed by atoms with Crippen LogP contribution in [0.25, 0.3) is 17.1 Å². The quantitative estimate of drug-likeness (QED) is 0.342. The number of imidazole rings is 1. The number of carbonyl (C=O) groups excluding carboxylic acids is 1. The number of fused-ring (bicyclic) bond motifs is 1. The lowest BCUT2D eigenvalue weighted by atomic mass is 10.2. The predicted octanol–water partition coefficient (Wildman–Crippen LogP) is 3.52. The van der Waals surface area contributed by atoms with Crippen molar-refractivity contribution in [3.05, 3.63) is 90.0 Å². The highest BCUT2D eigenvalue weighted by atomic mass is 16.5. The van der Waals surface area contributed by atoms with Crippen molar-refractivity contribution in [3.63, 3.8) is 0 Å². The second-order valence-electron chi connectivity index (χ2n) is 7.71. The van der Waals surface area contributed by atoms with E-state index in [9.17, 15) is 9.90 Å². The smallest absolute Gasteiger partial charge is 0.341 e. The summed E-state index contributed by atoms with van der Waals surface area (Å²) in [6.07, 6.45) is 4.59. The van der Waals surface area contributed by atoms with E-state index in [0.717, 1.165) is 11.1 Å². The third kappa shape index (κ3) is 4.81. The lowest BCUT2D eigenvalue weighted by Crippen LogP contribution is -2.08. The van der Waals surface area contributed by atoms with Crippen LogP contribution < -0.4 is 4.74 Å². The molecule has 5 rings (SSSR count). The van der Waals surface area contributed by atoms with Gasteiger partial charge in [0.1, 0.15) is 12.4 Å². The van der Waals surface area contributed by atoms with Gasteiger partial charge in [0.15, 0.2) is 11.2 Å². The summed E-state index contributed by atoms with van der Waals surface area (Å²) < 4.78 is 14.4. The Hall–Kier alpha value is -4.73. The van der Waals surface area contributed by atoms with Crippen molar-refractivity contribution in [2.45, 2.75) is 20.1 Å². The Balaban J connectivity index is 1.54. The van der Waals surface area contributed by atoms with Crippen molar-refractivity contribution in [3.8, 4) is 17.6 Å². The molecule has 3 heterocycles. The molecule has 3 aromatic heterocycles. The van der Waals surface area contributed by atoms with Crippen LogP contribution in [0.15, 0.2) is 73.3 Å². The number of phenols is 1. The number of esters is 1. The molecule has 35 heavy (non-hydrogen) atoms. The van der Waals surface area contributed by atoms with Gasteiger partial charge < -0.3 is 19.1 Å². The number of hydrogen-bond donors (Lipinski definition) is 1. The van der Waals surface area contributed by atoms with Gasteiger partial charge in [-0.25, -0.2) is 14.5 Å². The Morgan fingerprint density at radius 2 is 1.83 bits per heavy atom. The summed E-state index contributed by atoms with van der Waals surface area (Å²) in [5, 5.41) is 13.8. The zero-order chi connectivity index (χ0) is 24.2. The number of ether oxygens (including phenoxy) is 2. The SMILES string of the molecule is CCOC(=O)c1cnn(-c2nc(OCc3ccccc3)c3ncn(Cc4ccc(O)cc4)c3n2)c1. The maximum atomic E-state index is 12.1. The van der Waals surface area contributed by atoms with Crippen molar-refractivity contribution in [1.29, 1.82) is 0 Å². The molecule has 0 atom stereocenters. The fourth-order valence-corrected chi connectivity index (χ4v) is 3.50. The molecular weight excluding hydrogens is 448 g/mol. The number of carbonyl (C=O) groups is 1. The molecule has 5 aromatic rings. The fraction of sp³-hybridized carbons (Fsp3) is 0.160. The molecule has 0 aliphatic rings. The largest absolute Gasteiger partial charge is 0.508 e. The average molecular weight is 470 g/mol. The minimum atomic E-state index is -0.474. The fourth-order valence-electron chi connectivity index (χ4n) is 3.50. The minimum Gasteiger partial charge on any atom is -0.508 e. The topological polar surface area (TPSA) is 117 Å². The second kappa shape index (κ2) is 9.64. The Labute approximate surface area is 200 Å². The van der Waals surface area contributed by atoms with Gasteiger partial charge in [-0.3, -0.25) is 0 Å². The number of nitrogens with zero attached hydrogens (tertiary/aromatic N) is 6. The predicted molar refractivity (Wildman–Crippen MR) is 126 cm³/mol. The summed E-state index contributed by atoms with van der Waals surface area (Å²) in [4.78, 5) is 25.8. The first-order valence-electron chi connectivity index (χ1n) is 11.0. The Kier molecular flexibility index (Phi) is 6.08. The molecule has 10 heteroatoms. The molecule has 0 amide bonds. The normalized spacial score (nSPS) is 11.0. The maximum Gasteiger partial charge on any atom is 0.341 e. The summed E-state index contributed by atoms with van der Waals surface area (Å²) in [7, 11) is 0. The van der Waals surface area contributed by atoms with Crippen LogP contribution in [0.1, 0.15) is 28.4 Å². The standard InChI is InChI=1S/C25H22N6O4/c1-2-34-24(33)19-12-27-31(14-19)25-28-22-21(23(29-25)35-15-18-6-4-3-5-7-18)26-16-30(22)13-17-8-10-20(32)11-9-17/h3-12,14,16,32H,2,13,15H2,1H3. The zero-order valence-corrected chi connectivity index (χ0v) is 18.9. The number of benzene rings is 2. The van der Waals surface area contributed by atoms with Gasteiger partial charge in [0.25, 0.3) is 5.95 Å². The Bertz CT molecular complexity index is 1460. The van der Waals surface area contributed by atoms with Crippen LogP contribution in [0.3, 0.4) is 0 Å². The molecule has 1 N–H and O–H groups in total. The van der Waals surface area contributed by atoms with E-state index in [-0.39, 0.29) is 18.3 Å². The van der Waals surface area contributed by atoms with E-state index in [1.165, 1.54) is 17.1 Å². The maximum absolute atomic E-state index is 12.1. The van der Waals surface area contributed by atoms with Gasteiger partial charge in [-0.2, -0.15) is 15.1 Å². The van der Waals surface area contributed by atoms with Crippen LogP contribution in [-0.4, -0.2) is 47.0 Å². The molecular formula is C25H22N6O4. The molecule has 0 aliphatic carbocycles. The van der Waals surface area contributed by atoms with Gasteiger partial charge in [-0.05, 0) is 30.2 Å². The molecule has 10 nitrogen and oxygen atoms in total. The highest BCUT2D eigenvalue weighted by Gasteiger charge is 2.18. The van der Waals surface area contributed by atoms with Crippen LogP contribution in [0.4, 0.5) is 0 Å². The van der Waals surface area contributed by atoms with Gasteiger partial charge in [0, 0.05) is 6.20 Å². The van der Waals surface area contributed by atoms with Crippen LogP contribution in [0.2, 0.25) is 0 Å². The molecule has 0 spiro atoms. The number of aromatic nitrogens is 6. The van der Waals surface area contributed by atoms with Gasteiger partial charge in [-0.1, -0.05) is 42.5 Å². The molecule has 0 radical (unpaired) electrons. The minimum absolute atomic E-state index is 0.196. The molecule has 0 aliphatic heterocycles. The van der Waals surface area contributed by atoms with E-state index in [1.54, 1.807) is 25.4 Å². The lowest BCUT2D eigenvalue weighted by molar-refractivity contribution is 0.0526. The Morgan fingerprint density at radius 1 is 1.03 bits per heavy atom. The Morgan fingerprint density at radius 3 is 2.60 bits per heavy atom. The first-order valence-corrected chi connectivity index (χ1v) is 11.0. The summed E-state index contributed by atoms with van der Waals surface area (Å²) in [5.41, 5.74) is 3.27. The van der Waals surface area contributed by atoms with Gasteiger partial charge in [-0.15, -0.1) is 0 Å². The summed E-state index contributed by atoms with van der Waals surface area (Å²) in [5.74, 6) is 0.245. The first kappa shape index (κ1) is 22.1. The van der Waals surface area contributed by atoms with Crippen LogP contribution in [-0.2, 0) is 17.9 Å². The monoisotopic (exact) mass is 470 g/mol. The highest BCUT2D eigenvalue weighted by Crippen LogP contribution is 2.24. The van der Waals surface area contributed by atoms with E-state index in [4.69, 9.17) is 9.47 Å². The molecule has 2 aromatic carbocycles. The van der Waals surface area contributed by atoms with Crippen LogP contribution in [0.5, 0.6) is 11.6 Å². The van der Waals surface area contributed by atoms with Crippen molar-refractivity contribution < 1.29 is 19.4 Å². The van der Waals surface area contributed by atoms with Crippen molar-refractivity contribution in [2.24, 2.45) is 0 Å². The van der Waals surface area contributed by atoms with E-state index < -0.39 is 5.97 Å². The van der Waals surface area contributed by atoms with Crippen LogP contribution >= 0.6 is 0 Å². The van der Waals surface area contributed by atoms with Crippen molar-refractivity contribution in [2.75, 3.05) is 6.61 Å². The molecule has 0 unspecified atom stereocenters. The highest BCUT2D eigenvalue weighted by molar-refractivity contribution is 5.88. The summed E-state index contributed by atoms with van der Waals surface area (Å²) >= 11 is 0. The molecule has 0 fully saturated rings. The summed E-state index contributed by atoms with van der Waals surface area (Å²) in [6.45, 7) is 2.77. The molecule has 0 saturated carbocycles. The van der Waals surface area contributed by atoms with E-state index in [0.29, 0.717) is 35.8 Å². The number of rotatable bonds is 8. The number of phenolic OH excluding ortho intramolecular Hbond substituents is 1. The number of hydrogen-bond acceptors (Lipinski definition) is 8. The van der Waals surface area contributed by atoms with Crippen molar-refractivity contribution in [1.82, 2.24) is 29.3 Å². The lowest BCUT2D eigenvalue weighted by Gasteiger charge is -2.09. The van der Waals surface area contributed by atoms with Gasteiger partial charge in [0.2, 0.25) is 5.88 Å². The van der Waals surface area contributed by atoms with E-state index >= 15 is 0 Å². The molecule has 0 bridgehead atoms. The summed E-state index contributed by atoms with van der Waals surface area (Å²) in [6, 6.07) is 16.6. The first-order chi connectivity index (χ1) is 17.1. The zero-order valence-electron chi connectivity index (χ0n) is 18.9. The van der Waals surface area contributed by atoms with Gasteiger partial charge >= 0.3 is 5.97 Å². The van der Waals surface area contributed by atoms with E-state index in [2.05, 4.69) is 20.1 Å². The second-order valence-corrected chi connectivity index (χ2v) is 7.71. The average Bonchev–Trinajstić information content (AvgIpc) is 3.53.